The van der Waals surface area contributed by atoms with Crippen LogP contribution in [0.15, 0.2) is 48.5 Å². The summed E-state index contributed by atoms with van der Waals surface area (Å²) < 4.78 is 10.8. The molecule has 6 nitrogen and oxygen atoms in total. The maximum atomic E-state index is 12.9. The van der Waals surface area contributed by atoms with Crippen molar-refractivity contribution in [2.75, 3.05) is 13.7 Å². The first kappa shape index (κ1) is 17.4. The largest absolute Gasteiger partial charge is 0.497 e. The van der Waals surface area contributed by atoms with E-state index in [1.54, 1.807) is 31.4 Å². The van der Waals surface area contributed by atoms with Crippen LogP contribution in [0.3, 0.4) is 0 Å². The summed E-state index contributed by atoms with van der Waals surface area (Å²) in [5.74, 6) is -0.0914. The molecule has 2 aromatic carbocycles. The third-order valence-electron chi connectivity index (χ3n) is 5.60. The predicted molar refractivity (Wildman–Crippen MR) is 97.9 cm³/mol. The summed E-state index contributed by atoms with van der Waals surface area (Å²) in [6.07, 6.45) is 1.48. The monoisotopic (exact) mass is 367 g/mol. The Labute approximate surface area is 157 Å². The summed E-state index contributed by atoms with van der Waals surface area (Å²) in [7, 11) is 1.55. The number of fused-ring (bicyclic) bond motifs is 2. The van der Waals surface area contributed by atoms with Crippen molar-refractivity contribution in [3.63, 3.8) is 0 Å². The van der Waals surface area contributed by atoms with E-state index >= 15 is 0 Å². The summed E-state index contributed by atoms with van der Waals surface area (Å²) in [6.45, 7) is 0.571. The molecule has 2 N–H and O–H groups in total. The fourth-order valence-corrected chi connectivity index (χ4v) is 4.03. The van der Waals surface area contributed by atoms with Crippen LogP contribution in [0.25, 0.3) is 0 Å². The average molecular weight is 367 g/mol. The second-order valence-corrected chi connectivity index (χ2v) is 7.06. The van der Waals surface area contributed by atoms with E-state index < -0.39 is 12.0 Å². The normalized spacial score (nSPS) is 23.7. The molecule has 0 radical (unpaired) electrons. The van der Waals surface area contributed by atoms with Crippen molar-refractivity contribution in [1.82, 2.24) is 5.32 Å². The molecule has 27 heavy (non-hydrogen) atoms. The summed E-state index contributed by atoms with van der Waals surface area (Å²) in [5.41, 5.74) is 1.33. The molecule has 0 aromatic heterocycles. The summed E-state index contributed by atoms with van der Waals surface area (Å²) in [4.78, 5) is 24.6. The molecule has 1 amide bonds. The van der Waals surface area contributed by atoms with Gasteiger partial charge >= 0.3 is 5.97 Å². The second kappa shape index (κ2) is 6.61. The Morgan fingerprint density at radius 1 is 1.22 bits per heavy atom. The molecular formula is C21H21NO5. The number of carbonyl (C=O) groups excluding carboxylic acids is 1. The van der Waals surface area contributed by atoms with E-state index in [-0.39, 0.29) is 17.2 Å². The van der Waals surface area contributed by atoms with Crippen molar-refractivity contribution < 1.29 is 24.2 Å². The van der Waals surface area contributed by atoms with Crippen molar-refractivity contribution in [3.05, 3.63) is 59.7 Å². The molecule has 1 heterocycles. The van der Waals surface area contributed by atoms with E-state index in [9.17, 15) is 14.7 Å². The second-order valence-electron chi connectivity index (χ2n) is 7.06. The van der Waals surface area contributed by atoms with Crippen LogP contribution in [0.2, 0.25) is 0 Å². The van der Waals surface area contributed by atoms with Gasteiger partial charge in [-0.1, -0.05) is 30.3 Å². The van der Waals surface area contributed by atoms with E-state index in [1.807, 2.05) is 24.3 Å². The Balaban J connectivity index is 1.53. The van der Waals surface area contributed by atoms with Crippen molar-refractivity contribution in [1.29, 1.82) is 0 Å². The number of benzene rings is 2. The van der Waals surface area contributed by atoms with Gasteiger partial charge in [-0.3, -0.25) is 4.79 Å². The lowest BCUT2D eigenvalue weighted by molar-refractivity contribution is -0.142. The van der Waals surface area contributed by atoms with Gasteiger partial charge in [0.25, 0.3) is 0 Å². The molecule has 0 saturated heterocycles. The van der Waals surface area contributed by atoms with Gasteiger partial charge in [-0.05, 0) is 36.6 Å². The van der Waals surface area contributed by atoms with Crippen LogP contribution in [0.5, 0.6) is 11.5 Å². The number of ether oxygens (including phenoxy) is 2. The highest BCUT2D eigenvalue weighted by Crippen LogP contribution is 2.60. The molecule has 140 valence electrons. The SMILES string of the molecule is COc1ccc(C(NC(=O)[C@@H]2C[C@]23CCOc2ccccc23)C(=O)O)cc1. The van der Waals surface area contributed by atoms with Crippen LogP contribution in [0, 0.1) is 5.92 Å². The van der Waals surface area contributed by atoms with Crippen LogP contribution in [0.4, 0.5) is 0 Å². The summed E-state index contributed by atoms with van der Waals surface area (Å²) in [6, 6.07) is 13.4. The lowest BCUT2D eigenvalue weighted by Gasteiger charge is -2.27. The molecule has 1 saturated carbocycles. The standard InChI is InChI=1S/C21H21NO5/c1-26-14-8-6-13(7-9-14)18(20(24)25)22-19(23)16-12-21(16)10-11-27-17-5-3-2-4-15(17)21/h2-9,16,18H,10-12H2,1H3,(H,22,23)(H,24,25)/t16-,18?,21-/m0/s1. The first-order chi connectivity index (χ1) is 13.0. The van der Waals surface area contributed by atoms with Crippen molar-refractivity contribution in [3.8, 4) is 11.5 Å². The third kappa shape index (κ3) is 3.01. The molecule has 4 rings (SSSR count). The van der Waals surface area contributed by atoms with E-state index in [4.69, 9.17) is 9.47 Å². The lowest BCUT2D eigenvalue weighted by atomic mass is 9.87. The van der Waals surface area contributed by atoms with Gasteiger partial charge in [0, 0.05) is 16.9 Å². The molecule has 2 aliphatic rings. The number of hydrogen-bond acceptors (Lipinski definition) is 4. The van der Waals surface area contributed by atoms with Gasteiger partial charge in [-0.2, -0.15) is 0 Å². The number of amides is 1. The van der Waals surface area contributed by atoms with E-state index in [0.29, 0.717) is 24.3 Å². The Hall–Kier alpha value is -3.02. The topological polar surface area (TPSA) is 84.9 Å². The Bertz CT molecular complexity index is 878. The van der Waals surface area contributed by atoms with Gasteiger partial charge in [0.15, 0.2) is 6.04 Å². The molecule has 0 bridgehead atoms. The fraction of sp³-hybridized carbons (Fsp3) is 0.333. The number of carbonyl (C=O) groups is 2. The third-order valence-corrected chi connectivity index (χ3v) is 5.60. The lowest BCUT2D eigenvalue weighted by Crippen LogP contribution is -2.37. The number of carboxylic acids is 1. The fourth-order valence-electron chi connectivity index (χ4n) is 4.03. The van der Waals surface area contributed by atoms with Gasteiger partial charge < -0.3 is 19.9 Å². The number of carboxylic acid groups (broad SMARTS) is 1. The number of para-hydroxylation sites is 1. The van der Waals surface area contributed by atoms with Crippen LogP contribution in [-0.4, -0.2) is 30.7 Å². The zero-order chi connectivity index (χ0) is 19.0. The van der Waals surface area contributed by atoms with Gasteiger partial charge in [-0.25, -0.2) is 4.79 Å². The number of hydrogen-bond donors (Lipinski definition) is 2. The number of nitrogens with one attached hydrogen (secondary N) is 1. The highest BCUT2D eigenvalue weighted by atomic mass is 16.5. The van der Waals surface area contributed by atoms with E-state index in [1.165, 1.54) is 0 Å². The van der Waals surface area contributed by atoms with E-state index in [0.717, 1.165) is 17.7 Å². The van der Waals surface area contributed by atoms with Gasteiger partial charge in [0.2, 0.25) is 5.91 Å². The van der Waals surface area contributed by atoms with E-state index in [2.05, 4.69) is 5.32 Å². The highest BCUT2D eigenvalue weighted by molar-refractivity contribution is 5.89. The molecule has 6 heteroatoms. The summed E-state index contributed by atoms with van der Waals surface area (Å²) >= 11 is 0. The number of methoxy groups -OCH3 is 1. The average Bonchev–Trinajstić information content (AvgIpc) is 3.41. The zero-order valence-electron chi connectivity index (χ0n) is 15.0. The predicted octanol–water partition coefficient (Wildman–Crippen LogP) is 2.68. The number of rotatable bonds is 5. The van der Waals surface area contributed by atoms with Crippen molar-refractivity contribution in [2.45, 2.75) is 24.3 Å². The Morgan fingerprint density at radius 2 is 1.96 bits per heavy atom. The molecule has 1 fully saturated rings. The molecule has 1 aliphatic heterocycles. The van der Waals surface area contributed by atoms with Crippen LogP contribution >= 0.6 is 0 Å². The quantitative estimate of drug-likeness (QED) is 0.849. The first-order valence-electron chi connectivity index (χ1n) is 8.94. The molecule has 1 aliphatic carbocycles. The van der Waals surface area contributed by atoms with Crippen LogP contribution in [0.1, 0.15) is 30.0 Å². The first-order valence-corrected chi connectivity index (χ1v) is 8.94. The highest BCUT2D eigenvalue weighted by Gasteiger charge is 2.61. The minimum atomic E-state index is -1.09. The van der Waals surface area contributed by atoms with Gasteiger partial charge in [0.05, 0.1) is 13.7 Å². The maximum absolute atomic E-state index is 12.9. The summed E-state index contributed by atoms with van der Waals surface area (Å²) in [5, 5.41) is 12.3. The van der Waals surface area contributed by atoms with Crippen molar-refractivity contribution >= 4 is 11.9 Å². The zero-order valence-corrected chi connectivity index (χ0v) is 15.0. The van der Waals surface area contributed by atoms with Crippen LogP contribution < -0.4 is 14.8 Å². The van der Waals surface area contributed by atoms with Crippen molar-refractivity contribution in [2.24, 2.45) is 5.92 Å². The Morgan fingerprint density at radius 3 is 2.67 bits per heavy atom. The molecular weight excluding hydrogens is 346 g/mol. The van der Waals surface area contributed by atoms with Crippen LogP contribution in [-0.2, 0) is 15.0 Å². The minimum Gasteiger partial charge on any atom is -0.497 e. The number of aliphatic carboxylic acids is 1. The molecule has 1 unspecified atom stereocenters. The molecule has 3 atom stereocenters. The van der Waals surface area contributed by atoms with Gasteiger partial charge in [0.1, 0.15) is 11.5 Å². The minimum absolute atomic E-state index is 0.227. The van der Waals surface area contributed by atoms with Gasteiger partial charge in [-0.15, -0.1) is 0 Å². The Kier molecular flexibility index (Phi) is 4.26. The smallest absolute Gasteiger partial charge is 0.330 e. The molecule has 2 aromatic rings. The molecule has 1 spiro atoms. The maximum Gasteiger partial charge on any atom is 0.330 e.